The fourth-order valence-corrected chi connectivity index (χ4v) is 1.44. The number of nitrogen functional groups attached to an aromatic ring is 1. The largest absolute Gasteiger partial charge is 0.394 e. The average Bonchev–Trinajstić information content (AvgIpc) is 2.40. The minimum Gasteiger partial charge on any atom is -0.394 e. The van der Waals surface area contributed by atoms with Crippen LogP contribution >= 0.6 is 0 Å². The van der Waals surface area contributed by atoms with E-state index in [2.05, 4.69) is 5.32 Å². The molecule has 2 aromatic carbocycles. The van der Waals surface area contributed by atoms with Crippen molar-refractivity contribution in [3.05, 3.63) is 53.6 Å². The fourth-order valence-electron chi connectivity index (χ4n) is 1.44. The van der Waals surface area contributed by atoms with Gasteiger partial charge in [0.25, 0.3) is 0 Å². The van der Waals surface area contributed by atoms with Gasteiger partial charge in [0.15, 0.2) is 23.3 Å². The smallest absolute Gasteiger partial charge is 0.199 e. The lowest BCUT2D eigenvalue weighted by Crippen LogP contribution is -2.07. The van der Waals surface area contributed by atoms with Gasteiger partial charge in [-0.2, -0.15) is 0 Å². The predicted octanol–water partition coefficient (Wildman–Crippen LogP) is 3.57. The normalized spacial score (nSPS) is 10.4. The van der Waals surface area contributed by atoms with Crippen LogP contribution in [0.1, 0.15) is 0 Å². The molecular weight excluding hydrogens is 248 g/mol. The first-order valence-electron chi connectivity index (χ1n) is 4.96. The van der Waals surface area contributed by atoms with Crippen LogP contribution in [0.2, 0.25) is 0 Å². The predicted molar refractivity (Wildman–Crippen MR) is 60.4 cm³/mol. The van der Waals surface area contributed by atoms with E-state index in [9.17, 15) is 17.6 Å². The zero-order valence-corrected chi connectivity index (χ0v) is 8.98. The molecule has 0 aromatic heterocycles. The zero-order valence-electron chi connectivity index (χ0n) is 8.98. The SMILES string of the molecule is Nc1c(F)c(F)c(F)c(F)c1Nc1ccccc1. The van der Waals surface area contributed by atoms with E-state index >= 15 is 0 Å². The van der Waals surface area contributed by atoms with Crippen molar-refractivity contribution in [1.82, 2.24) is 0 Å². The van der Waals surface area contributed by atoms with E-state index in [-0.39, 0.29) is 0 Å². The number of hydrogen-bond donors (Lipinski definition) is 2. The second kappa shape index (κ2) is 4.56. The summed E-state index contributed by atoms with van der Waals surface area (Å²) in [4.78, 5) is 0. The number of nitrogens with two attached hydrogens (primary N) is 1. The molecule has 18 heavy (non-hydrogen) atoms. The van der Waals surface area contributed by atoms with Crippen LogP contribution < -0.4 is 11.1 Å². The molecule has 0 amide bonds. The van der Waals surface area contributed by atoms with Gasteiger partial charge in [-0.1, -0.05) is 18.2 Å². The van der Waals surface area contributed by atoms with Crippen LogP contribution in [0.3, 0.4) is 0 Å². The first-order valence-corrected chi connectivity index (χ1v) is 4.96. The summed E-state index contributed by atoms with van der Waals surface area (Å²) in [5.74, 6) is -7.01. The summed E-state index contributed by atoms with van der Waals surface area (Å²) in [5.41, 5.74) is 4.15. The maximum atomic E-state index is 13.5. The van der Waals surface area contributed by atoms with Crippen molar-refractivity contribution in [1.29, 1.82) is 0 Å². The fraction of sp³-hybridized carbons (Fsp3) is 0. The van der Waals surface area contributed by atoms with Crippen LogP contribution in [0.25, 0.3) is 0 Å². The second-order valence-electron chi connectivity index (χ2n) is 3.54. The maximum Gasteiger partial charge on any atom is 0.199 e. The van der Waals surface area contributed by atoms with E-state index in [0.717, 1.165) is 0 Å². The molecule has 0 spiro atoms. The molecule has 94 valence electrons. The van der Waals surface area contributed by atoms with Crippen molar-refractivity contribution in [2.45, 2.75) is 0 Å². The first-order chi connectivity index (χ1) is 8.52. The molecule has 3 N–H and O–H groups in total. The average molecular weight is 256 g/mol. The van der Waals surface area contributed by atoms with Gasteiger partial charge in [-0.15, -0.1) is 0 Å². The molecule has 6 heteroatoms. The monoisotopic (exact) mass is 256 g/mol. The molecule has 0 aliphatic carbocycles. The quantitative estimate of drug-likeness (QED) is 0.373. The van der Waals surface area contributed by atoms with Crippen LogP contribution in [0, 0.1) is 23.3 Å². The van der Waals surface area contributed by atoms with Gasteiger partial charge >= 0.3 is 0 Å². The minimum absolute atomic E-state index is 0.369. The highest BCUT2D eigenvalue weighted by molar-refractivity contribution is 5.73. The van der Waals surface area contributed by atoms with E-state index in [4.69, 9.17) is 5.73 Å². The Morgan fingerprint density at radius 1 is 0.778 bits per heavy atom. The Morgan fingerprint density at radius 2 is 1.33 bits per heavy atom. The third-order valence-electron chi connectivity index (χ3n) is 2.35. The summed E-state index contributed by atoms with van der Waals surface area (Å²) in [6.07, 6.45) is 0. The number of rotatable bonds is 2. The summed E-state index contributed by atoms with van der Waals surface area (Å²) in [6.45, 7) is 0. The van der Waals surface area contributed by atoms with Crippen molar-refractivity contribution in [3.63, 3.8) is 0 Å². The molecule has 0 unspecified atom stereocenters. The Labute approximate surface area is 100 Å². The molecule has 0 heterocycles. The van der Waals surface area contributed by atoms with Crippen LogP contribution in [0.15, 0.2) is 30.3 Å². The van der Waals surface area contributed by atoms with E-state index in [0.29, 0.717) is 5.69 Å². The molecule has 0 radical (unpaired) electrons. The number of halogens is 4. The van der Waals surface area contributed by atoms with Crippen molar-refractivity contribution in [2.75, 3.05) is 11.1 Å². The lowest BCUT2D eigenvalue weighted by molar-refractivity contribution is 0.413. The molecule has 0 bridgehead atoms. The molecule has 0 fully saturated rings. The van der Waals surface area contributed by atoms with E-state index in [1.807, 2.05) is 0 Å². The summed E-state index contributed by atoms with van der Waals surface area (Å²) < 4.78 is 52.6. The van der Waals surface area contributed by atoms with Crippen LogP contribution in [-0.2, 0) is 0 Å². The molecule has 0 atom stereocenters. The van der Waals surface area contributed by atoms with Crippen molar-refractivity contribution in [3.8, 4) is 0 Å². The Bertz CT molecular complexity index is 555. The Balaban J connectivity index is 2.52. The summed E-state index contributed by atoms with van der Waals surface area (Å²) in [7, 11) is 0. The van der Waals surface area contributed by atoms with Gasteiger partial charge in [-0.3, -0.25) is 0 Å². The Kier molecular flexibility index (Phi) is 3.10. The van der Waals surface area contributed by atoms with Crippen molar-refractivity contribution >= 4 is 17.1 Å². The lowest BCUT2D eigenvalue weighted by atomic mass is 10.2. The Hall–Kier alpha value is -2.24. The number of nitrogens with one attached hydrogen (secondary N) is 1. The zero-order chi connectivity index (χ0) is 13.3. The van der Waals surface area contributed by atoms with Gasteiger partial charge in [-0.25, -0.2) is 17.6 Å². The minimum atomic E-state index is -1.93. The number of benzene rings is 2. The van der Waals surface area contributed by atoms with Gasteiger partial charge in [0.05, 0.1) is 5.69 Å². The maximum absolute atomic E-state index is 13.5. The molecule has 2 rings (SSSR count). The van der Waals surface area contributed by atoms with E-state index in [1.165, 1.54) is 12.1 Å². The molecular formula is C12H8F4N2. The third-order valence-corrected chi connectivity index (χ3v) is 2.35. The molecule has 2 aromatic rings. The molecule has 0 aliphatic heterocycles. The summed E-state index contributed by atoms with van der Waals surface area (Å²) in [6, 6.07) is 8.05. The van der Waals surface area contributed by atoms with Gasteiger partial charge in [-0.05, 0) is 12.1 Å². The van der Waals surface area contributed by atoms with Crippen molar-refractivity contribution < 1.29 is 17.6 Å². The topological polar surface area (TPSA) is 38.0 Å². The van der Waals surface area contributed by atoms with Gasteiger partial charge in [0.2, 0.25) is 0 Å². The van der Waals surface area contributed by atoms with E-state index in [1.54, 1.807) is 18.2 Å². The number of para-hydroxylation sites is 1. The number of anilines is 3. The molecule has 0 aliphatic rings. The second-order valence-corrected chi connectivity index (χ2v) is 3.54. The van der Waals surface area contributed by atoms with Gasteiger partial charge < -0.3 is 11.1 Å². The first kappa shape index (κ1) is 12.2. The Morgan fingerprint density at radius 3 is 1.94 bits per heavy atom. The van der Waals surface area contributed by atoms with Gasteiger partial charge in [0, 0.05) is 5.69 Å². The third kappa shape index (κ3) is 1.97. The highest BCUT2D eigenvalue weighted by Crippen LogP contribution is 2.32. The van der Waals surface area contributed by atoms with Crippen molar-refractivity contribution in [2.24, 2.45) is 0 Å². The van der Waals surface area contributed by atoms with Crippen LogP contribution in [-0.4, -0.2) is 0 Å². The van der Waals surface area contributed by atoms with Crippen LogP contribution in [0.4, 0.5) is 34.6 Å². The lowest BCUT2D eigenvalue weighted by Gasteiger charge is -2.12. The standard InChI is InChI=1S/C12H8F4N2/c13-7-8(14)10(16)12(11(17)9(7)15)18-6-4-2-1-3-5-6/h1-5,18H,17H2. The van der Waals surface area contributed by atoms with E-state index < -0.39 is 34.6 Å². The molecule has 2 nitrogen and oxygen atoms in total. The summed E-state index contributed by atoms with van der Waals surface area (Å²) in [5, 5.41) is 2.40. The highest BCUT2D eigenvalue weighted by Gasteiger charge is 2.23. The molecule has 0 saturated heterocycles. The van der Waals surface area contributed by atoms with Crippen LogP contribution in [0.5, 0.6) is 0 Å². The number of hydrogen-bond acceptors (Lipinski definition) is 2. The molecule has 0 saturated carbocycles. The van der Waals surface area contributed by atoms with Gasteiger partial charge in [0.1, 0.15) is 5.69 Å². The summed E-state index contributed by atoms with van der Waals surface area (Å²) >= 11 is 0. The highest BCUT2D eigenvalue weighted by atomic mass is 19.2.